The third-order valence-corrected chi connectivity index (χ3v) is 4.14. The molecule has 0 aliphatic heterocycles. The largest absolute Gasteiger partial charge is 0.298 e. The van der Waals surface area contributed by atoms with Crippen molar-refractivity contribution in [3.8, 4) is 0 Å². The van der Waals surface area contributed by atoms with Crippen LogP contribution in [0.3, 0.4) is 0 Å². The number of nitrogens with zero attached hydrogens (tertiary/aromatic N) is 1. The molecule has 2 aromatic rings. The number of rotatable bonds is 4. The number of hydrogen-bond donors (Lipinski definition) is 0. The first-order valence-corrected chi connectivity index (χ1v) is 6.80. The molecule has 1 fully saturated rings. The molecule has 0 bridgehead atoms. The topological polar surface area (TPSA) is 30.0 Å². The molecule has 96 valence electrons. The van der Waals surface area contributed by atoms with E-state index in [1.54, 1.807) is 6.20 Å². The summed E-state index contributed by atoms with van der Waals surface area (Å²) in [6.07, 6.45) is 5.28. The van der Waals surface area contributed by atoms with Crippen LogP contribution in [-0.4, -0.2) is 10.8 Å². The molecule has 1 aliphatic carbocycles. The number of ketones is 1. The van der Waals surface area contributed by atoms with E-state index in [9.17, 15) is 4.79 Å². The summed E-state index contributed by atoms with van der Waals surface area (Å²) in [7, 11) is 0. The Bertz CT molecular complexity index is 558. The maximum absolute atomic E-state index is 12.7. The van der Waals surface area contributed by atoms with Crippen molar-refractivity contribution in [2.45, 2.75) is 31.1 Å². The molecular weight excluding hydrogens is 234 g/mol. The van der Waals surface area contributed by atoms with Crippen LogP contribution in [0.5, 0.6) is 0 Å². The lowest BCUT2D eigenvalue weighted by molar-refractivity contribution is -0.127. The lowest BCUT2D eigenvalue weighted by Crippen LogP contribution is -2.43. The second-order valence-electron chi connectivity index (χ2n) is 5.22. The minimum atomic E-state index is -0.251. The predicted octanol–water partition coefficient (Wildman–Crippen LogP) is 3.32. The van der Waals surface area contributed by atoms with Gasteiger partial charge >= 0.3 is 0 Å². The maximum atomic E-state index is 12.7. The molecule has 1 heterocycles. The smallest absolute Gasteiger partial charge is 0.149 e. The van der Waals surface area contributed by atoms with Crippen LogP contribution in [0.25, 0.3) is 0 Å². The Labute approximate surface area is 113 Å². The zero-order chi connectivity index (χ0) is 13.1. The van der Waals surface area contributed by atoms with Gasteiger partial charge in [0.25, 0.3) is 0 Å². The van der Waals surface area contributed by atoms with Gasteiger partial charge in [0.05, 0.1) is 5.41 Å². The van der Waals surface area contributed by atoms with E-state index in [-0.39, 0.29) is 5.41 Å². The minimum absolute atomic E-state index is 0.251. The molecule has 0 atom stereocenters. The Morgan fingerprint density at radius 3 is 2.37 bits per heavy atom. The summed E-state index contributed by atoms with van der Waals surface area (Å²) in [5.74, 6) is 0.309. The average Bonchev–Trinajstić information content (AvgIpc) is 2.40. The van der Waals surface area contributed by atoms with Gasteiger partial charge in [-0.2, -0.15) is 0 Å². The standard InChI is InChI=1S/C17H17NO/c19-16(13-15-9-4-5-12-18-15)17(10-6-11-17)14-7-2-1-3-8-14/h1-5,7-9,12H,6,10-11,13H2. The second kappa shape index (κ2) is 4.96. The van der Waals surface area contributed by atoms with E-state index in [1.165, 1.54) is 5.56 Å². The van der Waals surface area contributed by atoms with E-state index in [0.29, 0.717) is 12.2 Å². The van der Waals surface area contributed by atoms with Gasteiger partial charge in [-0.1, -0.05) is 42.8 Å². The number of benzene rings is 1. The summed E-state index contributed by atoms with van der Waals surface area (Å²) in [5.41, 5.74) is 1.79. The number of Topliss-reactive ketones (excluding diaryl/α,β-unsaturated/α-hetero) is 1. The van der Waals surface area contributed by atoms with Crippen LogP contribution in [0.15, 0.2) is 54.7 Å². The Morgan fingerprint density at radius 2 is 1.79 bits per heavy atom. The Hall–Kier alpha value is -1.96. The summed E-state index contributed by atoms with van der Waals surface area (Å²) >= 11 is 0. The van der Waals surface area contributed by atoms with Crippen LogP contribution in [0.2, 0.25) is 0 Å². The van der Waals surface area contributed by atoms with E-state index in [4.69, 9.17) is 0 Å². The molecule has 3 rings (SSSR count). The quantitative estimate of drug-likeness (QED) is 0.834. The summed E-state index contributed by atoms with van der Waals surface area (Å²) in [6, 6.07) is 15.9. The van der Waals surface area contributed by atoms with Crippen molar-refractivity contribution in [2.24, 2.45) is 0 Å². The van der Waals surface area contributed by atoms with Crippen molar-refractivity contribution in [3.05, 3.63) is 66.0 Å². The van der Waals surface area contributed by atoms with Gasteiger partial charge in [-0.25, -0.2) is 0 Å². The molecule has 2 nitrogen and oxygen atoms in total. The van der Waals surface area contributed by atoms with E-state index < -0.39 is 0 Å². The van der Waals surface area contributed by atoms with Crippen molar-refractivity contribution in [3.63, 3.8) is 0 Å². The molecule has 0 spiro atoms. The van der Waals surface area contributed by atoms with E-state index in [2.05, 4.69) is 17.1 Å². The number of carbonyl (C=O) groups is 1. The van der Waals surface area contributed by atoms with E-state index >= 15 is 0 Å². The highest BCUT2D eigenvalue weighted by Crippen LogP contribution is 2.44. The first-order valence-electron chi connectivity index (χ1n) is 6.80. The Morgan fingerprint density at radius 1 is 1.05 bits per heavy atom. The predicted molar refractivity (Wildman–Crippen MR) is 74.9 cm³/mol. The summed E-state index contributed by atoms with van der Waals surface area (Å²) in [6.45, 7) is 0. The van der Waals surface area contributed by atoms with Gasteiger partial charge in [0.2, 0.25) is 0 Å². The molecule has 0 N–H and O–H groups in total. The molecule has 0 amide bonds. The SMILES string of the molecule is O=C(Cc1ccccn1)C1(c2ccccc2)CCC1. The maximum Gasteiger partial charge on any atom is 0.149 e. The van der Waals surface area contributed by atoms with Gasteiger partial charge in [0.1, 0.15) is 5.78 Å². The minimum Gasteiger partial charge on any atom is -0.298 e. The molecule has 0 saturated heterocycles. The van der Waals surface area contributed by atoms with Crippen LogP contribution in [0.1, 0.15) is 30.5 Å². The Balaban J connectivity index is 1.85. The molecule has 19 heavy (non-hydrogen) atoms. The molecular formula is C17H17NO. The van der Waals surface area contributed by atoms with E-state index in [0.717, 1.165) is 25.0 Å². The van der Waals surface area contributed by atoms with Crippen molar-refractivity contribution in [1.82, 2.24) is 4.98 Å². The summed E-state index contributed by atoms with van der Waals surface area (Å²) in [5, 5.41) is 0. The zero-order valence-electron chi connectivity index (χ0n) is 10.9. The Kier molecular flexibility index (Phi) is 3.16. The fraction of sp³-hybridized carbons (Fsp3) is 0.294. The highest BCUT2D eigenvalue weighted by atomic mass is 16.1. The molecule has 1 aliphatic rings. The molecule has 0 radical (unpaired) electrons. The molecule has 1 aromatic carbocycles. The van der Waals surface area contributed by atoms with Crippen LogP contribution in [0.4, 0.5) is 0 Å². The molecule has 0 unspecified atom stereocenters. The van der Waals surface area contributed by atoms with Gasteiger partial charge < -0.3 is 0 Å². The highest BCUT2D eigenvalue weighted by Gasteiger charge is 2.44. The lowest BCUT2D eigenvalue weighted by atomic mass is 9.61. The number of carbonyl (C=O) groups excluding carboxylic acids is 1. The van der Waals surface area contributed by atoms with Crippen LogP contribution >= 0.6 is 0 Å². The van der Waals surface area contributed by atoms with Gasteiger partial charge in [0, 0.05) is 18.3 Å². The van der Waals surface area contributed by atoms with Crippen LogP contribution in [0, 0.1) is 0 Å². The van der Waals surface area contributed by atoms with Gasteiger partial charge in [-0.05, 0) is 30.5 Å². The zero-order valence-corrected chi connectivity index (χ0v) is 10.9. The fourth-order valence-electron chi connectivity index (χ4n) is 2.85. The van der Waals surface area contributed by atoms with Crippen molar-refractivity contribution >= 4 is 5.78 Å². The van der Waals surface area contributed by atoms with Crippen molar-refractivity contribution in [2.75, 3.05) is 0 Å². The van der Waals surface area contributed by atoms with E-state index in [1.807, 2.05) is 36.4 Å². The normalized spacial score (nSPS) is 16.6. The third-order valence-electron chi connectivity index (χ3n) is 4.14. The molecule has 1 saturated carbocycles. The molecule has 1 aromatic heterocycles. The summed E-state index contributed by atoms with van der Waals surface area (Å²) < 4.78 is 0. The lowest BCUT2D eigenvalue weighted by Gasteiger charge is -2.41. The number of pyridine rings is 1. The first-order chi connectivity index (χ1) is 9.31. The monoisotopic (exact) mass is 251 g/mol. The van der Waals surface area contributed by atoms with Crippen LogP contribution in [-0.2, 0) is 16.6 Å². The van der Waals surface area contributed by atoms with Crippen molar-refractivity contribution in [1.29, 1.82) is 0 Å². The second-order valence-corrected chi connectivity index (χ2v) is 5.22. The fourth-order valence-corrected chi connectivity index (χ4v) is 2.85. The van der Waals surface area contributed by atoms with Gasteiger partial charge in [0.15, 0.2) is 0 Å². The van der Waals surface area contributed by atoms with Crippen molar-refractivity contribution < 1.29 is 4.79 Å². The number of aromatic nitrogens is 1. The van der Waals surface area contributed by atoms with Gasteiger partial charge in [-0.3, -0.25) is 9.78 Å². The highest BCUT2D eigenvalue weighted by molar-refractivity contribution is 5.92. The molecule has 2 heteroatoms. The first kappa shape index (κ1) is 12.1. The number of hydrogen-bond acceptors (Lipinski definition) is 2. The third kappa shape index (κ3) is 2.19. The summed E-state index contributed by atoms with van der Waals surface area (Å²) in [4.78, 5) is 16.9. The average molecular weight is 251 g/mol. The van der Waals surface area contributed by atoms with Gasteiger partial charge in [-0.15, -0.1) is 0 Å². The van der Waals surface area contributed by atoms with Crippen LogP contribution < -0.4 is 0 Å².